The van der Waals surface area contributed by atoms with Crippen molar-refractivity contribution in [3.63, 3.8) is 0 Å². The van der Waals surface area contributed by atoms with E-state index < -0.39 is 77.9 Å². The summed E-state index contributed by atoms with van der Waals surface area (Å²) in [6.07, 6.45) is -0.957. The SMILES string of the molecule is CC(=O)OCC(=O)N(CC1CN(C(=O)OC(C)(C)C)CC1F)C(c1nc(-c2cc(F)ccc2F)cn1Cc1ccccc1)C(C)(C)C(=O)O. The lowest BCUT2D eigenvalue weighted by Crippen LogP contribution is -2.50. The van der Waals surface area contributed by atoms with Crippen molar-refractivity contribution in [1.29, 1.82) is 0 Å². The smallest absolute Gasteiger partial charge is 0.410 e. The van der Waals surface area contributed by atoms with E-state index in [9.17, 15) is 28.7 Å². The van der Waals surface area contributed by atoms with Crippen LogP contribution in [0.5, 0.6) is 0 Å². The highest BCUT2D eigenvalue weighted by atomic mass is 19.1. The van der Waals surface area contributed by atoms with Crippen molar-refractivity contribution in [2.24, 2.45) is 11.3 Å². The minimum atomic E-state index is -1.83. The molecular formula is C35H41F3N4O7. The van der Waals surface area contributed by atoms with Crippen LogP contribution in [0.25, 0.3) is 11.3 Å². The molecule has 49 heavy (non-hydrogen) atoms. The average Bonchev–Trinajstić information content (AvgIpc) is 3.59. The first-order valence-electron chi connectivity index (χ1n) is 15.7. The summed E-state index contributed by atoms with van der Waals surface area (Å²) in [7, 11) is 0. The summed E-state index contributed by atoms with van der Waals surface area (Å²) in [5.74, 6) is -5.54. The van der Waals surface area contributed by atoms with Gasteiger partial charge in [-0.2, -0.15) is 0 Å². The number of carboxylic acids is 1. The second-order valence-electron chi connectivity index (χ2n) is 13.6. The first kappa shape index (κ1) is 36.9. The number of alkyl halides is 1. The molecule has 14 heteroatoms. The number of carbonyl (C=O) groups is 4. The Balaban J connectivity index is 1.88. The van der Waals surface area contributed by atoms with E-state index in [1.54, 1.807) is 51.1 Å². The van der Waals surface area contributed by atoms with Crippen molar-refractivity contribution in [3.8, 4) is 11.3 Å². The highest BCUT2D eigenvalue weighted by Gasteiger charge is 2.48. The molecule has 0 bridgehead atoms. The maximum Gasteiger partial charge on any atom is 0.410 e. The van der Waals surface area contributed by atoms with Gasteiger partial charge in [-0.05, 0) is 58.4 Å². The lowest BCUT2D eigenvalue weighted by Gasteiger charge is -2.40. The molecule has 1 aliphatic rings. The number of benzene rings is 2. The van der Waals surface area contributed by atoms with Crippen molar-refractivity contribution in [2.45, 2.75) is 65.9 Å². The second-order valence-corrected chi connectivity index (χ2v) is 13.6. The van der Waals surface area contributed by atoms with Crippen LogP contribution in [0.3, 0.4) is 0 Å². The van der Waals surface area contributed by atoms with Gasteiger partial charge in [-0.3, -0.25) is 14.4 Å². The first-order valence-corrected chi connectivity index (χ1v) is 15.7. The Kier molecular flexibility index (Phi) is 11.1. The number of amides is 2. The third-order valence-electron chi connectivity index (χ3n) is 8.16. The largest absolute Gasteiger partial charge is 0.481 e. The number of carboxylic acid groups (broad SMARTS) is 1. The van der Waals surface area contributed by atoms with E-state index in [4.69, 9.17) is 9.47 Å². The minimum Gasteiger partial charge on any atom is -0.481 e. The van der Waals surface area contributed by atoms with E-state index in [1.165, 1.54) is 29.5 Å². The first-order chi connectivity index (χ1) is 22.9. The van der Waals surface area contributed by atoms with Crippen molar-refractivity contribution in [1.82, 2.24) is 19.4 Å². The number of hydrogen-bond acceptors (Lipinski definition) is 7. The minimum absolute atomic E-state index is 0.0245. The molecular weight excluding hydrogens is 645 g/mol. The number of hydrogen-bond donors (Lipinski definition) is 1. The highest BCUT2D eigenvalue weighted by Crippen LogP contribution is 2.41. The number of aliphatic carboxylic acids is 1. The Morgan fingerprint density at radius 3 is 2.33 bits per heavy atom. The number of nitrogens with zero attached hydrogens (tertiary/aromatic N) is 4. The molecule has 0 spiro atoms. The van der Waals surface area contributed by atoms with Crippen molar-refractivity contribution in [2.75, 3.05) is 26.2 Å². The third-order valence-corrected chi connectivity index (χ3v) is 8.16. The van der Waals surface area contributed by atoms with Crippen LogP contribution in [0.4, 0.5) is 18.0 Å². The zero-order valence-electron chi connectivity index (χ0n) is 28.3. The molecule has 1 N–H and O–H groups in total. The molecule has 3 aromatic rings. The molecule has 2 heterocycles. The quantitative estimate of drug-likeness (QED) is 0.257. The Labute approximate surface area is 282 Å². The van der Waals surface area contributed by atoms with Gasteiger partial charge in [0.2, 0.25) is 0 Å². The molecule has 0 aliphatic carbocycles. The second kappa shape index (κ2) is 14.7. The fourth-order valence-corrected chi connectivity index (χ4v) is 5.68. The van der Waals surface area contributed by atoms with E-state index in [-0.39, 0.29) is 36.7 Å². The summed E-state index contributed by atoms with van der Waals surface area (Å²) < 4.78 is 57.0. The lowest BCUT2D eigenvalue weighted by molar-refractivity contribution is -0.160. The van der Waals surface area contributed by atoms with Gasteiger partial charge in [-0.1, -0.05) is 30.3 Å². The van der Waals surface area contributed by atoms with Gasteiger partial charge in [-0.15, -0.1) is 0 Å². The highest BCUT2D eigenvalue weighted by molar-refractivity contribution is 5.82. The number of imidazole rings is 1. The average molecular weight is 687 g/mol. The Morgan fingerprint density at radius 1 is 1.04 bits per heavy atom. The molecule has 1 aromatic heterocycles. The lowest BCUT2D eigenvalue weighted by atomic mass is 9.82. The maximum absolute atomic E-state index is 15.7. The summed E-state index contributed by atoms with van der Waals surface area (Å²) >= 11 is 0. The monoisotopic (exact) mass is 686 g/mol. The number of esters is 1. The van der Waals surface area contributed by atoms with Gasteiger partial charge in [0.25, 0.3) is 5.91 Å². The number of likely N-dealkylation sites (tertiary alicyclic amines) is 1. The predicted molar refractivity (Wildman–Crippen MR) is 172 cm³/mol. The Bertz CT molecular complexity index is 1690. The molecule has 2 amide bonds. The van der Waals surface area contributed by atoms with E-state index >= 15 is 8.78 Å². The van der Waals surface area contributed by atoms with Gasteiger partial charge < -0.3 is 28.9 Å². The number of halogens is 3. The summed E-state index contributed by atoms with van der Waals surface area (Å²) in [5, 5.41) is 10.5. The van der Waals surface area contributed by atoms with Crippen LogP contribution in [0.1, 0.15) is 59.0 Å². The van der Waals surface area contributed by atoms with Crippen LogP contribution < -0.4 is 0 Å². The molecule has 11 nitrogen and oxygen atoms in total. The van der Waals surface area contributed by atoms with Gasteiger partial charge in [0.1, 0.15) is 35.3 Å². The standard InChI is InChI=1S/C35H41F3N4O7/c1-21(43)48-20-29(44)42(17-23-16-41(18-27(23)38)33(47)49-34(2,3)4)30(35(5,6)32(45)46)31-39-28(25-14-24(36)12-13-26(25)37)19-40(31)15-22-10-8-7-9-11-22/h7-14,19,23,27,30H,15-18,20H2,1-6H3,(H,45,46). The number of carbonyl (C=O) groups excluding carboxylic acids is 3. The van der Waals surface area contributed by atoms with Gasteiger partial charge in [-0.25, -0.2) is 22.9 Å². The number of aromatic nitrogens is 2. The molecule has 264 valence electrons. The summed E-state index contributed by atoms with van der Waals surface area (Å²) in [4.78, 5) is 58.3. The Hall–Kier alpha value is -4.88. The van der Waals surface area contributed by atoms with Crippen molar-refractivity contribution in [3.05, 3.63) is 77.8 Å². The van der Waals surface area contributed by atoms with Gasteiger partial charge in [0.15, 0.2) is 6.61 Å². The van der Waals surface area contributed by atoms with Gasteiger partial charge in [0, 0.05) is 44.2 Å². The molecule has 1 fully saturated rings. The fraction of sp³-hybridized carbons (Fsp3) is 0.457. The molecule has 2 aromatic carbocycles. The molecule has 3 unspecified atom stereocenters. The van der Waals surface area contributed by atoms with Crippen molar-refractivity contribution >= 4 is 23.9 Å². The van der Waals surface area contributed by atoms with E-state index in [0.717, 1.165) is 35.6 Å². The van der Waals surface area contributed by atoms with E-state index in [0.29, 0.717) is 0 Å². The van der Waals surface area contributed by atoms with Crippen LogP contribution in [-0.4, -0.2) is 86.4 Å². The van der Waals surface area contributed by atoms with Gasteiger partial charge >= 0.3 is 18.0 Å². The zero-order valence-corrected chi connectivity index (χ0v) is 28.3. The Morgan fingerprint density at radius 2 is 1.71 bits per heavy atom. The molecule has 1 aliphatic heterocycles. The molecule has 4 rings (SSSR count). The third kappa shape index (κ3) is 8.98. The molecule has 1 saturated heterocycles. The topological polar surface area (TPSA) is 131 Å². The summed E-state index contributed by atoms with van der Waals surface area (Å²) in [6.45, 7) is 7.18. The van der Waals surface area contributed by atoms with Crippen LogP contribution in [0.15, 0.2) is 54.7 Å². The van der Waals surface area contributed by atoms with E-state index in [1.807, 2.05) is 0 Å². The predicted octanol–water partition coefficient (Wildman–Crippen LogP) is 5.63. The molecule has 0 saturated carbocycles. The number of ether oxygens (including phenoxy) is 2. The van der Waals surface area contributed by atoms with Crippen LogP contribution in [0.2, 0.25) is 0 Å². The fourth-order valence-electron chi connectivity index (χ4n) is 5.68. The molecule has 0 radical (unpaired) electrons. The molecule has 3 atom stereocenters. The van der Waals surface area contributed by atoms with Crippen LogP contribution in [0, 0.1) is 23.0 Å². The van der Waals surface area contributed by atoms with Crippen LogP contribution in [-0.2, 0) is 30.4 Å². The maximum atomic E-state index is 15.7. The van der Waals surface area contributed by atoms with E-state index in [2.05, 4.69) is 4.98 Å². The van der Waals surface area contributed by atoms with Crippen molar-refractivity contribution < 1.29 is 46.9 Å². The summed E-state index contributed by atoms with van der Waals surface area (Å²) in [6, 6.07) is 10.3. The van der Waals surface area contributed by atoms with Crippen LogP contribution >= 0.6 is 0 Å². The zero-order chi connectivity index (χ0) is 36.3. The number of rotatable bonds is 11. The normalized spacial score (nSPS) is 17.0. The van der Waals surface area contributed by atoms with Gasteiger partial charge in [0.05, 0.1) is 17.7 Å². The summed E-state index contributed by atoms with van der Waals surface area (Å²) in [5.41, 5.74) is -2.19.